The number of hydrogen-bond donors (Lipinski definition) is 2. The van der Waals surface area contributed by atoms with Crippen LogP contribution in [-0.4, -0.2) is 24.9 Å². The molecule has 0 unspecified atom stereocenters. The maximum Gasteiger partial charge on any atom is 0.416 e. The number of halogens is 6. The van der Waals surface area contributed by atoms with E-state index >= 15 is 0 Å². The predicted octanol–water partition coefficient (Wildman–Crippen LogP) is 3.23. The van der Waals surface area contributed by atoms with Gasteiger partial charge in [0.15, 0.2) is 0 Å². The van der Waals surface area contributed by atoms with Gasteiger partial charge in [-0.3, -0.25) is 9.59 Å². The van der Waals surface area contributed by atoms with E-state index in [0.29, 0.717) is 12.1 Å². The Hall–Kier alpha value is -2.26. The van der Waals surface area contributed by atoms with Crippen LogP contribution in [0.5, 0.6) is 0 Å². The van der Waals surface area contributed by atoms with Gasteiger partial charge in [-0.2, -0.15) is 26.3 Å². The Morgan fingerprint density at radius 2 is 1.32 bits per heavy atom. The Bertz CT molecular complexity index is 606. The molecule has 0 fully saturated rings. The number of amides is 2. The third kappa shape index (κ3) is 6.28. The normalized spacial score (nSPS) is 12.2. The minimum Gasteiger partial charge on any atom is -0.354 e. The molecule has 0 aliphatic rings. The standard InChI is InChI=1S/C15H16F6N2O2/c1-8(2)12(24)22-3-4-23-13(25)9-5-10(14(16,17)18)7-11(6-9)15(19,20)21/h5-8H,3-4H2,1-2H3,(H,22,24)(H,23,25). The second-order valence-corrected chi connectivity index (χ2v) is 5.50. The largest absolute Gasteiger partial charge is 0.416 e. The Morgan fingerprint density at radius 1 is 0.880 bits per heavy atom. The zero-order chi connectivity index (χ0) is 19.4. The van der Waals surface area contributed by atoms with Crippen LogP contribution < -0.4 is 10.6 Å². The first-order chi connectivity index (χ1) is 11.3. The molecule has 4 nitrogen and oxygen atoms in total. The molecule has 2 N–H and O–H groups in total. The van der Waals surface area contributed by atoms with E-state index < -0.39 is 35.0 Å². The molecule has 0 aliphatic heterocycles. The molecular formula is C15H16F6N2O2. The number of benzene rings is 1. The Labute approximate surface area is 139 Å². The van der Waals surface area contributed by atoms with Crippen LogP contribution >= 0.6 is 0 Å². The van der Waals surface area contributed by atoms with Crippen LogP contribution in [0, 0.1) is 5.92 Å². The Balaban J connectivity index is 2.89. The molecule has 0 saturated carbocycles. The Morgan fingerprint density at radius 3 is 1.72 bits per heavy atom. The summed E-state index contributed by atoms with van der Waals surface area (Å²) in [7, 11) is 0. The SMILES string of the molecule is CC(C)C(=O)NCCNC(=O)c1cc(C(F)(F)F)cc(C(F)(F)F)c1. The summed E-state index contributed by atoms with van der Waals surface area (Å²) >= 11 is 0. The van der Waals surface area contributed by atoms with Gasteiger partial charge in [0.05, 0.1) is 11.1 Å². The van der Waals surface area contributed by atoms with Crippen molar-refractivity contribution in [3.05, 3.63) is 34.9 Å². The molecule has 0 bridgehead atoms. The van der Waals surface area contributed by atoms with Gasteiger partial charge < -0.3 is 10.6 Å². The van der Waals surface area contributed by atoms with Gasteiger partial charge in [-0.25, -0.2) is 0 Å². The summed E-state index contributed by atoms with van der Waals surface area (Å²) in [6.07, 6.45) is -10.1. The van der Waals surface area contributed by atoms with Crippen molar-refractivity contribution >= 4 is 11.8 Å². The van der Waals surface area contributed by atoms with Crippen molar-refractivity contribution < 1.29 is 35.9 Å². The van der Waals surface area contributed by atoms with E-state index in [2.05, 4.69) is 10.6 Å². The third-order valence-electron chi connectivity index (χ3n) is 3.08. The molecule has 0 aliphatic carbocycles. The highest BCUT2D eigenvalue weighted by Gasteiger charge is 2.37. The van der Waals surface area contributed by atoms with Crippen LogP contribution in [-0.2, 0) is 17.1 Å². The highest BCUT2D eigenvalue weighted by Crippen LogP contribution is 2.36. The highest BCUT2D eigenvalue weighted by molar-refractivity contribution is 5.94. The van der Waals surface area contributed by atoms with Gasteiger partial charge in [0, 0.05) is 24.6 Å². The van der Waals surface area contributed by atoms with Gasteiger partial charge in [0.1, 0.15) is 0 Å². The number of carbonyl (C=O) groups excluding carboxylic acids is 2. The average molecular weight is 370 g/mol. The lowest BCUT2D eigenvalue weighted by molar-refractivity contribution is -0.143. The molecule has 1 aromatic carbocycles. The molecular weight excluding hydrogens is 354 g/mol. The first-order valence-corrected chi connectivity index (χ1v) is 7.17. The number of rotatable bonds is 5. The summed E-state index contributed by atoms with van der Waals surface area (Å²) in [6.45, 7) is 3.12. The van der Waals surface area contributed by atoms with E-state index in [1.165, 1.54) is 0 Å². The first-order valence-electron chi connectivity index (χ1n) is 7.17. The zero-order valence-corrected chi connectivity index (χ0v) is 13.3. The average Bonchev–Trinajstić information content (AvgIpc) is 2.48. The van der Waals surface area contributed by atoms with E-state index in [1.807, 2.05) is 0 Å². The molecule has 0 radical (unpaired) electrons. The molecule has 0 atom stereocenters. The van der Waals surface area contributed by atoms with Crippen molar-refractivity contribution in [2.24, 2.45) is 5.92 Å². The molecule has 0 saturated heterocycles. The molecule has 2 amide bonds. The quantitative estimate of drug-likeness (QED) is 0.618. The first kappa shape index (κ1) is 20.8. The fourth-order valence-electron chi connectivity index (χ4n) is 1.75. The minimum absolute atomic E-state index is 0.00611. The molecule has 140 valence electrons. The van der Waals surface area contributed by atoms with Gasteiger partial charge in [0.25, 0.3) is 5.91 Å². The van der Waals surface area contributed by atoms with Crippen LogP contribution in [0.1, 0.15) is 35.3 Å². The molecule has 10 heteroatoms. The van der Waals surface area contributed by atoms with Crippen LogP contribution in [0.25, 0.3) is 0 Å². The fourth-order valence-corrected chi connectivity index (χ4v) is 1.75. The number of carbonyl (C=O) groups is 2. The minimum atomic E-state index is -5.03. The lowest BCUT2D eigenvalue weighted by Crippen LogP contribution is -2.36. The second-order valence-electron chi connectivity index (χ2n) is 5.50. The summed E-state index contributed by atoms with van der Waals surface area (Å²) in [4.78, 5) is 23.1. The zero-order valence-electron chi connectivity index (χ0n) is 13.3. The summed E-state index contributed by atoms with van der Waals surface area (Å²) in [5.41, 5.74) is -3.90. The van der Waals surface area contributed by atoms with Crippen molar-refractivity contribution in [1.82, 2.24) is 10.6 Å². The maximum atomic E-state index is 12.7. The van der Waals surface area contributed by atoms with Crippen molar-refractivity contribution in [1.29, 1.82) is 0 Å². The van der Waals surface area contributed by atoms with Gasteiger partial charge >= 0.3 is 12.4 Å². The van der Waals surface area contributed by atoms with Crippen molar-refractivity contribution in [3.63, 3.8) is 0 Å². The molecule has 1 aromatic rings. The lowest BCUT2D eigenvalue weighted by atomic mass is 10.0. The molecule has 0 heterocycles. The monoisotopic (exact) mass is 370 g/mol. The van der Waals surface area contributed by atoms with E-state index in [-0.39, 0.29) is 31.0 Å². The summed E-state index contributed by atoms with van der Waals surface area (Å²) in [5, 5.41) is 4.61. The van der Waals surface area contributed by atoms with E-state index in [0.717, 1.165) is 0 Å². The van der Waals surface area contributed by atoms with Crippen molar-refractivity contribution in [3.8, 4) is 0 Å². The molecule has 0 spiro atoms. The van der Waals surface area contributed by atoms with Crippen LogP contribution in [0.4, 0.5) is 26.3 Å². The summed E-state index contributed by atoms with van der Waals surface area (Å²) < 4.78 is 76.3. The second kappa shape index (κ2) is 7.75. The fraction of sp³-hybridized carbons (Fsp3) is 0.467. The van der Waals surface area contributed by atoms with E-state index in [9.17, 15) is 35.9 Å². The predicted molar refractivity (Wildman–Crippen MR) is 76.6 cm³/mol. The molecule has 0 aromatic heterocycles. The Kier molecular flexibility index (Phi) is 6.44. The van der Waals surface area contributed by atoms with Crippen LogP contribution in [0.3, 0.4) is 0 Å². The van der Waals surface area contributed by atoms with Crippen LogP contribution in [0.2, 0.25) is 0 Å². The van der Waals surface area contributed by atoms with E-state index in [1.54, 1.807) is 13.8 Å². The van der Waals surface area contributed by atoms with Crippen molar-refractivity contribution in [2.75, 3.05) is 13.1 Å². The number of nitrogens with one attached hydrogen (secondary N) is 2. The van der Waals surface area contributed by atoms with Crippen molar-refractivity contribution in [2.45, 2.75) is 26.2 Å². The third-order valence-corrected chi connectivity index (χ3v) is 3.08. The smallest absolute Gasteiger partial charge is 0.354 e. The maximum absolute atomic E-state index is 12.7. The summed E-state index contributed by atoms with van der Waals surface area (Å²) in [6, 6.07) is 0.633. The van der Waals surface area contributed by atoms with Gasteiger partial charge in [0.2, 0.25) is 5.91 Å². The van der Waals surface area contributed by atoms with E-state index in [4.69, 9.17) is 0 Å². The van der Waals surface area contributed by atoms with Crippen LogP contribution in [0.15, 0.2) is 18.2 Å². The number of alkyl halides is 6. The lowest BCUT2D eigenvalue weighted by Gasteiger charge is -2.14. The molecule has 25 heavy (non-hydrogen) atoms. The summed E-state index contributed by atoms with van der Waals surface area (Å²) in [5.74, 6) is -1.70. The molecule has 1 rings (SSSR count). The highest BCUT2D eigenvalue weighted by atomic mass is 19.4. The van der Waals surface area contributed by atoms with Gasteiger partial charge in [-0.15, -0.1) is 0 Å². The topological polar surface area (TPSA) is 58.2 Å². The van der Waals surface area contributed by atoms with Gasteiger partial charge in [-0.1, -0.05) is 13.8 Å². The van der Waals surface area contributed by atoms with Gasteiger partial charge in [-0.05, 0) is 18.2 Å². The number of hydrogen-bond acceptors (Lipinski definition) is 2.